The maximum Gasteiger partial charge on any atom is 1.00 e. The number of hydrogen-bond acceptors (Lipinski definition) is 5. The fourth-order valence-electron chi connectivity index (χ4n) is 3.67. The Kier molecular flexibility index (Phi) is 4.02. The van der Waals surface area contributed by atoms with Gasteiger partial charge in [-0.05, 0) is 22.8 Å². The van der Waals surface area contributed by atoms with Gasteiger partial charge < -0.3 is 9.45 Å². The molecule has 2 aliphatic rings. The summed E-state index contributed by atoms with van der Waals surface area (Å²) in [5.74, 6) is 0.713. The molecule has 0 spiro atoms. The average Bonchev–Trinajstić information content (AvgIpc) is 2.74. The van der Waals surface area contributed by atoms with Crippen molar-refractivity contribution < 1.29 is 50.5 Å². The molecule has 1 aromatic heterocycles. The molecule has 0 radical (unpaired) electrons. The van der Waals surface area contributed by atoms with Crippen molar-refractivity contribution in [2.24, 2.45) is 0 Å². The van der Waals surface area contributed by atoms with Crippen LogP contribution in [0.15, 0.2) is 42.6 Å². The van der Waals surface area contributed by atoms with Crippen LogP contribution in [0.5, 0.6) is 0 Å². The molecule has 126 valence electrons. The number of nitrogens with zero attached hydrogens (tertiary/aromatic N) is 3. The molecule has 0 bridgehead atoms. The number of hydrogen-bond donors (Lipinski definition) is 0. The molecule has 4 rings (SSSR count). The Balaban J connectivity index is 0.00000225. The summed E-state index contributed by atoms with van der Waals surface area (Å²) in [5.41, 5.74) is 2.81. The van der Waals surface area contributed by atoms with E-state index in [1.165, 1.54) is 0 Å². The van der Waals surface area contributed by atoms with Gasteiger partial charge in [-0.2, -0.15) is 8.42 Å². The van der Waals surface area contributed by atoms with Crippen LogP contribution in [-0.2, 0) is 16.7 Å². The monoisotopic (exact) mass is 371 g/mol. The Bertz CT molecular complexity index is 1000. The predicted octanol–water partition coefficient (Wildman–Crippen LogP) is -1.54. The minimum atomic E-state index is -5.11. The van der Waals surface area contributed by atoms with Crippen molar-refractivity contribution in [2.75, 3.05) is 31.5 Å². The molecule has 8 heteroatoms. The van der Waals surface area contributed by atoms with Gasteiger partial charge in [0, 0.05) is 12.6 Å². The molecule has 2 atom stereocenters. The molecule has 0 amide bonds. The number of aromatic nitrogens is 1. The number of piperazine rings is 1. The number of fused-ring (bicyclic) bond motifs is 5. The van der Waals surface area contributed by atoms with E-state index in [0.29, 0.717) is 12.2 Å². The minimum absolute atomic E-state index is 0. The van der Waals surface area contributed by atoms with Crippen LogP contribution in [0.25, 0.3) is 0 Å². The molecule has 25 heavy (non-hydrogen) atoms. The second kappa shape index (κ2) is 6.64. The molecule has 1 saturated heterocycles. The molecule has 2 aromatic rings. The Morgan fingerprint density at radius 2 is 2.04 bits per heavy atom. The zero-order valence-corrected chi connectivity index (χ0v) is 16.7. The minimum Gasteiger partial charge on any atom is -0.702 e. The van der Waals surface area contributed by atoms with Gasteiger partial charge in [-0.1, -0.05) is 30.3 Å². The second-order valence-corrected chi connectivity index (χ2v) is 7.85. The van der Waals surface area contributed by atoms with Crippen LogP contribution in [0.1, 0.15) is 26.8 Å². The first-order chi connectivity index (χ1) is 12.6. The molecule has 1 fully saturated rings. The van der Waals surface area contributed by atoms with E-state index in [9.17, 15) is 13.0 Å². The van der Waals surface area contributed by atoms with Gasteiger partial charge in [-0.15, -0.1) is 0 Å². The van der Waals surface area contributed by atoms with E-state index < -0.39 is 27.2 Å². The number of anilines is 1. The first kappa shape index (κ1) is 15.1. The molecular formula is C17H19N3NaO3S+. The summed E-state index contributed by atoms with van der Waals surface area (Å²) >= 11 is 0. The van der Waals surface area contributed by atoms with Gasteiger partial charge in [0.2, 0.25) is 0 Å². The smallest absolute Gasteiger partial charge is 0.702 e. The molecule has 1 aromatic carbocycles. The summed E-state index contributed by atoms with van der Waals surface area (Å²) in [6.07, 6.45) is 2.28. The Morgan fingerprint density at radius 1 is 1.28 bits per heavy atom. The zero-order valence-electron chi connectivity index (χ0n) is 16.9. The van der Waals surface area contributed by atoms with E-state index in [1.54, 1.807) is 6.20 Å². The van der Waals surface area contributed by atoms with Crippen LogP contribution < -0.4 is 34.5 Å². The van der Waals surface area contributed by atoms with Crippen LogP contribution in [0.3, 0.4) is 0 Å². The number of benzene rings is 1. The fourth-order valence-corrected chi connectivity index (χ4v) is 4.30. The molecule has 2 aliphatic heterocycles. The fraction of sp³-hybridized carbons (Fsp3) is 0.353. The Labute approximate surface area is 174 Å². The van der Waals surface area contributed by atoms with Gasteiger partial charge in [0.05, 0.1) is 17.6 Å². The van der Waals surface area contributed by atoms with E-state index in [4.69, 9.17) is 4.11 Å². The van der Waals surface area contributed by atoms with Crippen LogP contribution >= 0.6 is 0 Å². The van der Waals surface area contributed by atoms with Crippen molar-refractivity contribution in [2.45, 2.75) is 12.5 Å². The summed E-state index contributed by atoms with van der Waals surface area (Å²) in [6, 6.07) is 10.8. The van der Waals surface area contributed by atoms with Gasteiger partial charge in [-0.3, -0.25) is 0 Å². The molecule has 3 heterocycles. The Hall–Kier alpha value is -0.960. The quantitative estimate of drug-likeness (QED) is 0.345. The summed E-state index contributed by atoms with van der Waals surface area (Å²) < 4.78 is 58.3. The number of rotatable bonds is 1. The van der Waals surface area contributed by atoms with Crippen molar-refractivity contribution in [3.8, 4) is 0 Å². The predicted molar refractivity (Wildman–Crippen MR) is 89.2 cm³/mol. The average molecular weight is 371 g/mol. The van der Waals surface area contributed by atoms with Crippen molar-refractivity contribution in [1.29, 1.82) is 0 Å². The molecule has 6 nitrogen and oxygen atoms in total. The Morgan fingerprint density at radius 3 is 2.80 bits per heavy atom. The summed E-state index contributed by atoms with van der Waals surface area (Å²) in [5, 5.41) is 0. The van der Waals surface area contributed by atoms with Crippen LogP contribution in [0, 0.1) is 0 Å². The van der Waals surface area contributed by atoms with E-state index in [2.05, 4.69) is 4.98 Å². The van der Waals surface area contributed by atoms with E-state index in [-0.39, 0.29) is 49.2 Å². The van der Waals surface area contributed by atoms with Crippen molar-refractivity contribution in [1.82, 2.24) is 4.98 Å². The largest absolute Gasteiger partial charge is 1.00 e. The van der Waals surface area contributed by atoms with E-state index >= 15 is 0 Å². The van der Waals surface area contributed by atoms with Gasteiger partial charge in [0.1, 0.15) is 24.9 Å². The maximum atomic E-state index is 12.1. The van der Waals surface area contributed by atoms with Crippen LogP contribution in [0.2, 0.25) is 0 Å². The van der Waals surface area contributed by atoms with Crippen LogP contribution in [-0.4, -0.2) is 48.5 Å². The van der Waals surface area contributed by atoms with Crippen molar-refractivity contribution in [3.05, 3.63) is 59.3 Å². The zero-order chi connectivity index (χ0) is 19.4. The van der Waals surface area contributed by atoms with Gasteiger partial charge in [-0.25, -0.2) is 8.87 Å². The first-order valence-electron chi connectivity index (χ1n) is 9.26. The number of likely N-dealkylation sites (N-methyl/N-ethyl adjacent to an activating group) is 1. The standard InChI is InChI=1S/C17H19N3O3S.Na/c1-20(24(21,22)23)10-9-19-16(12-20)15-7-3-2-5-13(15)11-14-6-4-8-18-17(14)19;/h2-8,16H,9-12H2,1H3;/q;+1/i1D3;. The van der Waals surface area contributed by atoms with Gasteiger partial charge >= 0.3 is 29.6 Å². The third-order valence-electron chi connectivity index (χ3n) is 4.91. The van der Waals surface area contributed by atoms with Crippen LogP contribution in [0.4, 0.5) is 5.82 Å². The maximum absolute atomic E-state index is 12.1. The van der Waals surface area contributed by atoms with Gasteiger partial charge in [0.15, 0.2) is 0 Å². The summed E-state index contributed by atoms with van der Waals surface area (Å²) in [6.45, 7) is -3.49. The van der Waals surface area contributed by atoms with Crippen molar-refractivity contribution >= 4 is 16.1 Å². The SMILES string of the molecule is [2H]C([2H])([2H])[N+]1(S(=O)(=O)[O-])CCN2c3ncccc3Cc3ccccc3C2C1.[Na+]. The van der Waals surface area contributed by atoms with Gasteiger partial charge in [0.25, 0.3) is 10.3 Å². The van der Waals surface area contributed by atoms with E-state index in [0.717, 1.165) is 16.7 Å². The summed E-state index contributed by atoms with van der Waals surface area (Å²) in [7, 11) is -5.11. The normalized spacial score (nSPS) is 27.3. The van der Waals surface area contributed by atoms with Crippen molar-refractivity contribution in [3.63, 3.8) is 0 Å². The number of pyridine rings is 1. The first-order valence-corrected chi connectivity index (χ1v) is 9.12. The van der Waals surface area contributed by atoms with E-state index in [1.807, 2.05) is 41.3 Å². The summed E-state index contributed by atoms with van der Waals surface area (Å²) in [4.78, 5) is 6.41. The number of quaternary nitrogens is 1. The topological polar surface area (TPSA) is 73.3 Å². The molecule has 0 saturated carbocycles. The third-order valence-corrected chi connectivity index (χ3v) is 6.10. The third kappa shape index (κ3) is 3.13. The molecule has 0 aliphatic carbocycles. The molecule has 2 unspecified atom stereocenters. The molecule has 0 N–H and O–H groups in total. The molecular weight excluding hydrogens is 349 g/mol. The second-order valence-electron chi connectivity index (χ2n) is 6.29.